The van der Waals surface area contributed by atoms with Crippen LogP contribution < -0.4 is 26.6 Å². The topological polar surface area (TPSA) is 205 Å². The van der Waals surface area contributed by atoms with Gasteiger partial charge < -0.3 is 36.1 Å². The molecule has 322 valence electrons. The van der Waals surface area contributed by atoms with Crippen molar-refractivity contribution in [3.8, 4) is 0 Å². The second-order valence-electron chi connectivity index (χ2n) is 15.9. The smallest absolute Gasteiger partial charge is 0.264 e. The molecular formula is C44H52FN9O7. The number of aromatic nitrogens is 1. The number of imide groups is 2. The number of anilines is 2. The first-order valence-electron chi connectivity index (χ1n) is 21.0. The lowest BCUT2D eigenvalue weighted by Crippen LogP contribution is -2.54. The molecule has 3 aromatic rings. The molecule has 61 heavy (non-hydrogen) atoms. The molecule has 0 saturated carbocycles. The van der Waals surface area contributed by atoms with Gasteiger partial charge in [-0.15, -0.1) is 0 Å². The average Bonchev–Trinajstić information content (AvgIpc) is 3.80. The number of fused-ring (bicyclic) bond motifs is 2. The van der Waals surface area contributed by atoms with Crippen LogP contribution in [0.1, 0.15) is 98.5 Å². The van der Waals surface area contributed by atoms with Crippen LogP contribution >= 0.6 is 0 Å². The van der Waals surface area contributed by atoms with E-state index in [1.807, 2.05) is 13.8 Å². The third-order valence-electron chi connectivity index (χ3n) is 11.7. The Morgan fingerprint density at radius 3 is 2.31 bits per heavy atom. The minimum absolute atomic E-state index is 0.00844. The molecule has 6 N–H and O–H groups in total. The molecule has 0 aliphatic carbocycles. The summed E-state index contributed by atoms with van der Waals surface area (Å²) in [5.41, 5.74) is 4.91. The minimum Gasteiger partial charge on any atom is -0.384 e. The third kappa shape index (κ3) is 9.73. The van der Waals surface area contributed by atoms with Crippen molar-refractivity contribution in [1.82, 2.24) is 35.6 Å². The average molecular weight is 838 g/mol. The number of benzene rings is 2. The number of nitrogens with zero attached hydrogens (tertiary/aromatic N) is 3. The molecule has 7 amide bonds. The molecule has 5 heterocycles. The van der Waals surface area contributed by atoms with E-state index in [4.69, 9.17) is 0 Å². The Kier molecular flexibility index (Phi) is 13.4. The third-order valence-corrected chi connectivity index (χ3v) is 11.7. The number of hydrogen-bond acceptors (Lipinski definition) is 10. The predicted octanol–water partition coefficient (Wildman–Crippen LogP) is 3.19. The summed E-state index contributed by atoms with van der Waals surface area (Å²) < 4.78 is 13.9. The number of aromatic amines is 1. The van der Waals surface area contributed by atoms with E-state index in [1.54, 1.807) is 24.3 Å². The summed E-state index contributed by atoms with van der Waals surface area (Å²) in [5.74, 6) is -3.09. The number of amides is 7. The molecule has 7 rings (SSSR count). The van der Waals surface area contributed by atoms with Crippen molar-refractivity contribution in [3.05, 3.63) is 81.4 Å². The number of nitrogens with one attached hydrogen (secondary N) is 6. The van der Waals surface area contributed by atoms with E-state index in [2.05, 4.69) is 41.4 Å². The summed E-state index contributed by atoms with van der Waals surface area (Å²) in [7, 11) is 0. The summed E-state index contributed by atoms with van der Waals surface area (Å²) in [4.78, 5) is 97.5. The van der Waals surface area contributed by atoms with Crippen LogP contribution in [0.2, 0.25) is 0 Å². The maximum absolute atomic E-state index is 13.9. The number of H-pyrrole nitrogens is 1. The molecule has 2 aromatic carbocycles. The van der Waals surface area contributed by atoms with Gasteiger partial charge >= 0.3 is 0 Å². The summed E-state index contributed by atoms with van der Waals surface area (Å²) in [5, 5.41) is 14.2. The number of aryl methyl sites for hydroxylation is 1. The molecule has 4 aliphatic heterocycles. The van der Waals surface area contributed by atoms with E-state index < -0.39 is 35.5 Å². The fourth-order valence-electron chi connectivity index (χ4n) is 8.45. The maximum atomic E-state index is 13.9. The Labute approximate surface area is 353 Å². The van der Waals surface area contributed by atoms with Crippen LogP contribution in [0.3, 0.4) is 0 Å². The molecule has 17 heteroatoms. The lowest BCUT2D eigenvalue weighted by molar-refractivity contribution is -0.136. The largest absolute Gasteiger partial charge is 0.384 e. The molecule has 1 atom stereocenters. The highest BCUT2D eigenvalue weighted by molar-refractivity contribution is 6.35. The SMILES string of the molecule is Cc1[nH]c(/C=C2\C(=O)Nc3ccc(F)cc32)c(C)c1C(=O)NCCCN1CCN(CCCC(=O)NCCCCNc2cccc3c2C(=O)N(C2CCC(=O)NC2=O)C3=O)CC1. The Hall–Kier alpha value is -6.20. The van der Waals surface area contributed by atoms with Crippen molar-refractivity contribution >= 4 is 64.4 Å². The lowest BCUT2D eigenvalue weighted by Gasteiger charge is -2.34. The highest BCUT2D eigenvalue weighted by Gasteiger charge is 2.45. The van der Waals surface area contributed by atoms with Crippen LogP contribution in [0.4, 0.5) is 15.8 Å². The van der Waals surface area contributed by atoms with Gasteiger partial charge in [0.2, 0.25) is 17.7 Å². The molecule has 2 fully saturated rings. The number of carbonyl (C=O) groups excluding carboxylic acids is 7. The number of unbranched alkanes of at least 4 members (excludes halogenated alkanes) is 1. The van der Waals surface area contributed by atoms with Crippen LogP contribution in [-0.4, -0.2) is 126 Å². The quantitative estimate of drug-likeness (QED) is 0.0666. The Morgan fingerprint density at radius 1 is 0.836 bits per heavy atom. The first kappa shape index (κ1) is 42.9. The Morgan fingerprint density at radius 2 is 1.56 bits per heavy atom. The van der Waals surface area contributed by atoms with E-state index in [9.17, 15) is 38.0 Å². The zero-order chi connectivity index (χ0) is 43.2. The molecule has 0 bridgehead atoms. The van der Waals surface area contributed by atoms with Gasteiger partial charge in [0.1, 0.15) is 11.9 Å². The number of piperidine rings is 1. The summed E-state index contributed by atoms with van der Waals surface area (Å²) in [6.07, 6.45) is 5.26. The van der Waals surface area contributed by atoms with Crippen molar-refractivity contribution in [2.75, 3.05) is 69.5 Å². The predicted molar refractivity (Wildman–Crippen MR) is 226 cm³/mol. The number of piperazine rings is 1. The van der Waals surface area contributed by atoms with Gasteiger partial charge in [-0.3, -0.25) is 43.8 Å². The molecule has 0 radical (unpaired) electrons. The maximum Gasteiger partial charge on any atom is 0.264 e. The van der Waals surface area contributed by atoms with Crippen LogP contribution in [-0.2, 0) is 19.2 Å². The van der Waals surface area contributed by atoms with Crippen LogP contribution in [0, 0.1) is 19.7 Å². The van der Waals surface area contributed by atoms with Gasteiger partial charge in [0.25, 0.3) is 23.6 Å². The Bertz CT molecular complexity index is 2280. The van der Waals surface area contributed by atoms with Gasteiger partial charge in [-0.25, -0.2) is 4.39 Å². The van der Waals surface area contributed by atoms with Crippen molar-refractivity contribution in [2.45, 2.75) is 64.8 Å². The van der Waals surface area contributed by atoms with Gasteiger partial charge in [-0.1, -0.05) is 6.07 Å². The second kappa shape index (κ2) is 19.0. The summed E-state index contributed by atoms with van der Waals surface area (Å²) >= 11 is 0. The minimum atomic E-state index is -1.02. The molecule has 4 aliphatic rings. The van der Waals surface area contributed by atoms with Crippen LogP contribution in [0.15, 0.2) is 36.4 Å². The molecule has 1 unspecified atom stereocenters. The van der Waals surface area contributed by atoms with E-state index in [0.29, 0.717) is 71.9 Å². The normalized spacial score (nSPS) is 18.6. The molecule has 16 nitrogen and oxygen atoms in total. The molecule has 0 spiro atoms. The fourth-order valence-corrected chi connectivity index (χ4v) is 8.45. The van der Waals surface area contributed by atoms with E-state index >= 15 is 0 Å². The van der Waals surface area contributed by atoms with Gasteiger partial charge in [0.15, 0.2) is 0 Å². The van der Waals surface area contributed by atoms with E-state index in [1.165, 1.54) is 18.2 Å². The monoisotopic (exact) mass is 837 g/mol. The lowest BCUT2D eigenvalue weighted by atomic mass is 10.0. The highest BCUT2D eigenvalue weighted by atomic mass is 19.1. The first-order valence-corrected chi connectivity index (χ1v) is 21.0. The molecular weight excluding hydrogens is 786 g/mol. The van der Waals surface area contributed by atoms with Crippen molar-refractivity contribution in [3.63, 3.8) is 0 Å². The standard InChI is InChI=1S/C44H52FN9O7/c1-26-34(25-31-30-24-28(45)11-12-32(30)50-40(31)57)49-27(2)38(26)42(59)48-17-7-19-53-22-20-52(21-23-53)18-6-10-36(55)47-16-4-3-15-46-33-9-5-8-29-39(33)44(61)54(43(29)60)35-13-14-37(56)51-41(35)58/h5,8-9,11-12,24-25,35,46,49H,3-4,6-7,10,13-23H2,1-2H3,(H,47,55)(H,48,59)(H,50,57)(H,51,56,58)/b31-25-. The van der Waals surface area contributed by atoms with Crippen molar-refractivity contribution in [2.24, 2.45) is 0 Å². The zero-order valence-electron chi connectivity index (χ0n) is 34.5. The van der Waals surface area contributed by atoms with E-state index in [-0.39, 0.29) is 41.7 Å². The van der Waals surface area contributed by atoms with Gasteiger partial charge in [0.05, 0.1) is 22.3 Å². The molecule has 2 saturated heterocycles. The number of rotatable bonds is 17. The Balaban J connectivity index is 0.738. The highest BCUT2D eigenvalue weighted by Crippen LogP contribution is 2.35. The summed E-state index contributed by atoms with van der Waals surface area (Å²) in [6, 6.07) is 8.11. The number of hydrogen-bond donors (Lipinski definition) is 6. The zero-order valence-corrected chi connectivity index (χ0v) is 34.5. The molecule has 1 aromatic heterocycles. The fraction of sp³-hybridized carbons (Fsp3) is 0.432. The van der Waals surface area contributed by atoms with Crippen LogP contribution in [0.5, 0.6) is 0 Å². The summed E-state index contributed by atoms with van der Waals surface area (Å²) in [6.45, 7) is 10.6. The van der Waals surface area contributed by atoms with E-state index in [0.717, 1.165) is 69.0 Å². The first-order chi connectivity index (χ1) is 29.4. The van der Waals surface area contributed by atoms with Gasteiger partial charge in [-0.05, 0) is 101 Å². The number of halogens is 1. The van der Waals surface area contributed by atoms with Crippen molar-refractivity contribution < 1.29 is 38.0 Å². The number of carbonyl (C=O) groups is 7. The van der Waals surface area contributed by atoms with Crippen LogP contribution in [0.25, 0.3) is 11.6 Å². The second-order valence-corrected chi connectivity index (χ2v) is 15.9. The van der Waals surface area contributed by atoms with Crippen molar-refractivity contribution in [1.29, 1.82) is 0 Å². The van der Waals surface area contributed by atoms with Gasteiger partial charge in [0, 0.05) is 87.0 Å². The van der Waals surface area contributed by atoms with Gasteiger partial charge in [-0.2, -0.15) is 0 Å².